The Morgan fingerprint density at radius 2 is 1.64 bits per heavy atom. The average Bonchev–Trinajstić information content (AvgIpc) is 3.90. The molecule has 0 unspecified atom stereocenters. The van der Waals surface area contributed by atoms with Gasteiger partial charge in [0.15, 0.2) is 0 Å². The second-order valence-electron chi connectivity index (χ2n) is 13.0. The first-order valence-electron chi connectivity index (χ1n) is 17.3. The molecule has 1 fully saturated rings. The fourth-order valence-electron chi connectivity index (χ4n) is 5.97. The fourth-order valence-corrected chi connectivity index (χ4v) is 7.71. The molecule has 0 saturated carbocycles. The molecule has 4 N–H and O–H groups in total. The number of carbonyl (C=O) groups is 3. The molecule has 0 bridgehead atoms. The first-order valence-corrected chi connectivity index (χ1v) is 19.0. The highest BCUT2D eigenvalue weighted by Crippen LogP contribution is 2.32. The summed E-state index contributed by atoms with van der Waals surface area (Å²) < 4.78 is 0. The van der Waals surface area contributed by atoms with Crippen molar-refractivity contribution in [3.8, 4) is 21.0 Å². The minimum Gasteiger partial charge on any atom is -0.352 e. The quantitative estimate of drug-likeness (QED) is 0.105. The topological polar surface area (TPSA) is 141 Å². The number of nitrogens with zero attached hydrogens (tertiary/aromatic N) is 4. The van der Waals surface area contributed by atoms with E-state index < -0.39 is 0 Å². The van der Waals surface area contributed by atoms with Crippen molar-refractivity contribution in [1.29, 1.82) is 0 Å². The van der Waals surface area contributed by atoms with E-state index in [0.29, 0.717) is 57.2 Å². The Labute approximate surface area is 315 Å². The molecule has 0 radical (unpaired) electrons. The molecular formula is C40H38N8O3S2. The van der Waals surface area contributed by atoms with Crippen LogP contribution in [0.5, 0.6) is 0 Å². The molecule has 11 nitrogen and oxygen atoms in total. The highest BCUT2D eigenvalue weighted by molar-refractivity contribution is 7.22. The Kier molecular flexibility index (Phi) is 10.9. The van der Waals surface area contributed by atoms with Crippen LogP contribution in [-0.4, -0.2) is 64.3 Å². The minimum absolute atomic E-state index is 0.0727. The van der Waals surface area contributed by atoms with Crippen LogP contribution in [0.15, 0.2) is 103 Å². The fraction of sp³-hybridized carbons (Fsp3) is 0.200. The number of likely N-dealkylation sites (tertiary alicyclic amines) is 1. The summed E-state index contributed by atoms with van der Waals surface area (Å²) in [7, 11) is 2.13. The Balaban J connectivity index is 0.963. The largest absolute Gasteiger partial charge is 0.352 e. The number of pyridine rings is 1. The molecule has 53 heavy (non-hydrogen) atoms. The number of hydrogen-bond donors (Lipinski definition) is 4. The first-order chi connectivity index (χ1) is 25.8. The van der Waals surface area contributed by atoms with Gasteiger partial charge in [-0.25, -0.2) is 9.97 Å². The van der Waals surface area contributed by atoms with E-state index in [1.165, 1.54) is 23.7 Å². The summed E-state index contributed by atoms with van der Waals surface area (Å²) in [5, 5.41) is 14.1. The molecule has 2 aromatic carbocycles. The summed E-state index contributed by atoms with van der Waals surface area (Å²) in [5.41, 5.74) is 5.06. The number of rotatable bonds is 11. The second kappa shape index (κ2) is 16.3. The van der Waals surface area contributed by atoms with Crippen molar-refractivity contribution in [2.24, 2.45) is 5.92 Å². The lowest BCUT2D eigenvalue weighted by atomic mass is 9.97. The Morgan fingerprint density at radius 1 is 0.830 bits per heavy atom. The number of carbonyl (C=O) groups excluding carboxylic acids is 3. The SMILES string of the molecule is Cc1ccc(NC(=O)c2cncc(NC(=O)c3ccc(-c4cccs4)s3)c2)cc1Nc1nccc(-c2ccc(C(=O)NCC3CCN(C)CC3)cc2)n1. The zero-order valence-corrected chi connectivity index (χ0v) is 30.9. The number of amides is 3. The number of piperidine rings is 1. The van der Waals surface area contributed by atoms with E-state index in [2.05, 4.69) is 43.2 Å². The summed E-state index contributed by atoms with van der Waals surface area (Å²) in [6, 6.07) is 24.0. The summed E-state index contributed by atoms with van der Waals surface area (Å²) in [4.78, 5) is 57.3. The first kappa shape index (κ1) is 35.6. The highest BCUT2D eigenvalue weighted by Gasteiger charge is 2.18. The van der Waals surface area contributed by atoms with Crippen molar-refractivity contribution in [3.05, 3.63) is 124 Å². The van der Waals surface area contributed by atoms with Crippen LogP contribution in [-0.2, 0) is 0 Å². The molecule has 0 spiro atoms. The molecule has 1 aliphatic heterocycles. The number of hydrogen-bond acceptors (Lipinski definition) is 10. The lowest BCUT2D eigenvalue weighted by Gasteiger charge is -2.28. The maximum atomic E-state index is 13.3. The van der Waals surface area contributed by atoms with Crippen LogP contribution in [0.4, 0.5) is 23.0 Å². The molecule has 1 saturated heterocycles. The average molecular weight is 743 g/mol. The molecule has 7 rings (SSSR count). The van der Waals surface area contributed by atoms with Gasteiger partial charge in [0.25, 0.3) is 17.7 Å². The zero-order chi connectivity index (χ0) is 36.7. The van der Waals surface area contributed by atoms with E-state index in [0.717, 1.165) is 46.8 Å². The van der Waals surface area contributed by atoms with Gasteiger partial charge in [-0.3, -0.25) is 19.4 Å². The monoisotopic (exact) mass is 742 g/mol. The lowest BCUT2D eigenvalue weighted by Crippen LogP contribution is -2.36. The third kappa shape index (κ3) is 9.01. The molecule has 0 atom stereocenters. The van der Waals surface area contributed by atoms with Gasteiger partial charge < -0.3 is 26.2 Å². The second-order valence-corrected chi connectivity index (χ2v) is 15.0. The van der Waals surface area contributed by atoms with Gasteiger partial charge in [0, 0.05) is 51.2 Å². The Morgan fingerprint density at radius 3 is 2.43 bits per heavy atom. The van der Waals surface area contributed by atoms with Crippen molar-refractivity contribution in [3.63, 3.8) is 0 Å². The van der Waals surface area contributed by atoms with Gasteiger partial charge in [-0.05, 0) is 111 Å². The Hall–Kier alpha value is -5.76. The van der Waals surface area contributed by atoms with E-state index in [4.69, 9.17) is 4.98 Å². The standard InChI is InChI=1S/C40H38N8O3S2/c1-25-5-10-30(44-38(50)29-20-31(24-41-23-29)45-39(51)36-12-11-35(53-36)34-4-3-19-52-34)21-33(25)47-40-42-16-13-32(46-40)27-6-8-28(9-7-27)37(49)43-22-26-14-17-48(2)18-15-26/h3-13,16,19-21,23-24,26H,14-15,17-18,22H2,1-2H3,(H,43,49)(H,44,50)(H,45,51)(H,42,46,47). The van der Waals surface area contributed by atoms with Gasteiger partial charge in [-0.15, -0.1) is 22.7 Å². The Bertz CT molecular complexity index is 2230. The summed E-state index contributed by atoms with van der Waals surface area (Å²) in [6.45, 7) is 4.77. The van der Waals surface area contributed by atoms with Gasteiger partial charge >= 0.3 is 0 Å². The van der Waals surface area contributed by atoms with Crippen LogP contribution in [0.1, 0.15) is 48.8 Å². The summed E-state index contributed by atoms with van der Waals surface area (Å²) in [6.07, 6.45) is 6.83. The highest BCUT2D eigenvalue weighted by atomic mass is 32.1. The smallest absolute Gasteiger partial charge is 0.265 e. The number of aromatic nitrogens is 3. The zero-order valence-electron chi connectivity index (χ0n) is 29.3. The predicted molar refractivity (Wildman–Crippen MR) is 212 cm³/mol. The van der Waals surface area contributed by atoms with E-state index in [-0.39, 0.29) is 17.7 Å². The van der Waals surface area contributed by atoms with Crippen molar-refractivity contribution < 1.29 is 14.4 Å². The molecule has 6 aromatic rings. The van der Waals surface area contributed by atoms with Crippen LogP contribution in [0.2, 0.25) is 0 Å². The predicted octanol–water partition coefficient (Wildman–Crippen LogP) is 7.96. The van der Waals surface area contributed by atoms with Crippen LogP contribution in [0.3, 0.4) is 0 Å². The number of nitrogens with one attached hydrogen (secondary N) is 4. The molecule has 268 valence electrons. The van der Waals surface area contributed by atoms with Gasteiger partial charge in [0.2, 0.25) is 5.95 Å². The normalized spacial score (nSPS) is 13.3. The van der Waals surface area contributed by atoms with Crippen molar-refractivity contribution in [2.45, 2.75) is 19.8 Å². The van der Waals surface area contributed by atoms with E-state index >= 15 is 0 Å². The van der Waals surface area contributed by atoms with Crippen LogP contribution in [0, 0.1) is 12.8 Å². The maximum Gasteiger partial charge on any atom is 0.265 e. The molecule has 5 heterocycles. The number of thiophene rings is 2. The third-order valence-corrected chi connectivity index (χ3v) is 11.2. The summed E-state index contributed by atoms with van der Waals surface area (Å²) in [5.74, 6) is 0.180. The lowest BCUT2D eigenvalue weighted by molar-refractivity contribution is 0.0937. The molecule has 0 aliphatic carbocycles. The molecular weight excluding hydrogens is 705 g/mol. The molecule has 1 aliphatic rings. The van der Waals surface area contributed by atoms with Gasteiger partial charge in [0.1, 0.15) is 0 Å². The van der Waals surface area contributed by atoms with E-state index in [9.17, 15) is 14.4 Å². The van der Waals surface area contributed by atoms with Crippen LogP contribution >= 0.6 is 22.7 Å². The van der Waals surface area contributed by atoms with Gasteiger partial charge in [-0.1, -0.05) is 24.3 Å². The summed E-state index contributed by atoms with van der Waals surface area (Å²) >= 11 is 3.03. The van der Waals surface area contributed by atoms with E-state index in [1.54, 1.807) is 29.7 Å². The minimum atomic E-state index is -0.378. The number of aryl methyl sites for hydroxylation is 1. The molecule has 3 amide bonds. The van der Waals surface area contributed by atoms with Gasteiger partial charge in [-0.2, -0.15) is 0 Å². The van der Waals surface area contributed by atoms with E-state index in [1.807, 2.05) is 79.0 Å². The maximum absolute atomic E-state index is 13.3. The van der Waals surface area contributed by atoms with Gasteiger partial charge in [0.05, 0.1) is 28.0 Å². The van der Waals surface area contributed by atoms with Crippen LogP contribution in [0.25, 0.3) is 21.0 Å². The van der Waals surface area contributed by atoms with Crippen molar-refractivity contribution in [2.75, 3.05) is 42.6 Å². The third-order valence-electron chi connectivity index (χ3n) is 9.08. The molecule has 4 aromatic heterocycles. The molecule has 13 heteroatoms. The number of anilines is 4. The van der Waals surface area contributed by atoms with Crippen molar-refractivity contribution in [1.82, 2.24) is 25.2 Å². The van der Waals surface area contributed by atoms with Crippen LogP contribution < -0.4 is 21.3 Å². The van der Waals surface area contributed by atoms with Crippen molar-refractivity contribution >= 4 is 63.4 Å². The number of benzene rings is 2.